The number of aromatic nitrogens is 2. The van der Waals surface area contributed by atoms with E-state index >= 15 is 0 Å². The van der Waals surface area contributed by atoms with Crippen molar-refractivity contribution in [2.24, 2.45) is 0 Å². The minimum absolute atomic E-state index is 0.136. The van der Waals surface area contributed by atoms with Gasteiger partial charge < -0.3 is 4.81 Å². The summed E-state index contributed by atoms with van der Waals surface area (Å²) >= 11 is 0. The Labute approximate surface area is 70.3 Å². The van der Waals surface area contributed by atoms with Gasteiger partial charge in [0, 0.05) is 11.3 Å². The van der Waals surface area contributed by atoms with Gasteiger partial charge in [-0.05, 0) is 6.07 Å². The van der Waals surface area contributed by atoms with E-state index in [-0.39, 0.29) is 5.91 Å². The van der Waals surface area contributed by atoms with E-state index in [2.05, 4.69) is 16.8 Å². The van der Waals surface area contributed by atoms with Crippen LogP contribution in [0.3, 0.4) is 0 Å². The second-order valence-corrected chi connectivity index (χ2v) is 2.60. The monoisotopic (exact) mass is 159 g/mol. The van der Waals surface area contributed by atoms with Gasteiger partial charge in [0.15, 0.2) is 5.69 Å². The van der Waals surface area contributed by atoms with Gasteiger partial charge in [-0.3, -0.25) is 4.79 Å². The van der Waals surface area contributed by atoms with Crippen LogP contribution in [0.15, 0.2) is 18.8 Å². The molecule has 4 nitrogen and oxygen atoms in total. The molecule has 0 N–H and O–H groups in total. The Kier molecular flexibility index (Phi) is 1.27. The minimum atomic E-state index is -0.136. The maximum atomic E-state index is 11.4. The molecule has 0 bridgehead atoms. The third-order valence-corrected chi connectivity index (χ3v) is 1.94. The van der Waals surface area contributed by atoms with Crippen LogP contribution in [0.5, 0.6) is 0 Å². The Morgan fingerprint density at radius 2 is 2.33 bits per heavy atom. The maximum absolute atomic E-state index is 11.4. The van der Waals surface area contributed by atoms with E-state index in [0.29, 0.717) is 11.4 Å². The molecule has 0 saturated carbocycles. The molecule has 1 aliphatic rings. The Hall–Kier alpha value is -1.65. The van der Waals surface area contributed by atoms with E-state index < -0.39 is 0 Å². The second kappa shape index (κ2) is 2.17. The van der Waals surface area contributed by atoms with Crippen molar-refractivity contribution in [3.8, 4) is 0 Å². The first kappa shape index (κ1) is 7.03. The lowest BCUT2D eigenvalue weighted by Gasteiger charge is -2.07. The van der Waals surface area contributed by atoms with E-state index in [1.54, 1.807) is 20.2 Å². The Morgan fingerprint density at radius 3 is 3.00 bits per heavy atom. The first-order valence-electron chi connectivity index (χ1n) is 3.51. The van der Waals surface area contributed by atoms with Crippen LogP contribution in [0.25, 0.3) is 5.70 Å². The van der Waals surface area contributed by atoms with Crippen molar-refractivity contribution in [1.82, 2.24) is 15.0 Å². The first-order chi connectivity index (χ1) is 5.72. The average molecular weight is 159 g/mol. The summed E-state index contributed by atoms with van der Waals surface area (Å²) in [6.07, 6.45) is 1.55. The zero-order valence-corrected chi connectivity index (χ0v) is 6.61. The van der Waals surface area contributed by atoms with Crippen molar-refractivity contribution in [3.63, 3.8) is 0 Å². The number of rotatable bonds is 0. The van der Waals surface area contributed by atoms with Crippen LogP contribution in [0.4, 0.5) is 0 Å². The smallest absolute Gasteiger partial charge is 0.266 e. The standard InChI is InChI=1S/C7H6BN3O/c1-4-5-2-3-9-10-6(5)7(12)11(4)8/h2-3H,1,8H2. The lowest BCUT2D eigenvalue weighted by molar-refractivity contribution is 0.0912. The molecule has 2 rings (SSSR count). The summed E-state index contributed by atoms with van der Waals surface area (Å²) in [6.45, 7) is 3.76. The number of hydrogen-bond acceptors (Lipinski definition) is 3. The van der Waals surface area contributed by atoms with E-state index in [9.17, 15) is 4.79 Å². The van der Waals surface area contributed by atoms with Crippen LogP contribution in [0, 0.1) is 0 Å². The highest BCUT2D eigenvalue weighted by Crippen LogP contribution is 2.26. The zero-order chi connectivity index (χ0) is 8.72. The molecule has 1 aliphatic heterocycles. The summed E-state index contributed by atoms with van der Waals surface area (Å²) in [5.41, 5.74) is 1.85. The zero-order valence-electron chi connectivity index (χ0n) is 6.61. The lowest BCUT2D eigenvalue weighted by atomic mass is 10.2. The van der Waals surface area contributed by atoms with E-state index in [0.717, 1.165) is 5.56 Å². The summed E-state index contributed by atoms with van der Waals surface area (Å²) < 4.78 is 0. The lowest BCUT2D eigenvalue weighted by Crippen LogP contribution is -2.19. The van der Waals surface area contributed by atoms with E-state index in [1.807, 2.05) is 0 Å². The van der Waals surface area contributed by atoms with Gasteiger partial charge >= 0.3 is 0 Å². The molecule has 1 aromatic rings. The number of carbonyl (C=O) groups excluding carboxylic acids is 1. The molecule has 0 unspecified atom stereocenters. The highest BCUT2D eigenvalue weighted by molar-refractivity contribution is 6.26. The molecule has 1 aromatic heterocycles. The molecule has 12 heavy (non-hydrogen) atoms. The van der Waals surface area contributed by atoms with Crippen molar-refractivity contribution in [2.75, 3.05) is 0 Å². The number of amides is 1. The van der Waals surface area contributed by atoms with Gasteiger partial charge in [0.2, 0.25) is 7.98 Å². The summed E-state index contributed by atoms with van der Waals surface area (Å²) in [4.78, 5) is 12.8. The first-order valence-corrected chi connectivity index (χ1v) is 3.51. The predicted molar refractivity (Wildman–Crippen MR) is 45.8 cm³/mol. The SMILES string of the molecule is BN1C(=C)c2ccnnc2C1=O. The van der Waals surface area contributed by atoms with Crippen LogP contribution in [-0.2, 0) is 0 Å². The largest absolute Gasteiger partial charge is 0.360 e. The maximum Gasteiger partial charge on any atom is 0.266 e. The molecular weight excluding hydrogens is 153 g/mol. The van der Waals surface area contributed by atoms with Gasteiger partial charge in [-0.1, -0.05) is 6.58 Å². The minimum Gasteiger partial charge on any atom is -0.360 e. The number of carbonyl (C=O) groups is 1. The van der Waals surface area contributed by atoms with Gasteiger partial charge in [0.25, 0.3) is 5.91 Å². The third kappa shape index (κ3) is 0.703. The fraction of sp³-hybridized carbons (Fsp3) is 0. The van der Waals surface area contributed by atoms with Crippen LogP contribution in [-0.4, -0.2) is 28.9 Å². The second-order valence-electron chi connectivity index (χ2n) is 2.60. The van der Waals surface area contributed by atoms with E-state index in [1.165, 1.54) is 4.81 Å². The van der Waals surface area contributed by atoms with Crippen molar-refractivity contribution in [1.29, 1.82) is 0 Å². The fourth-order valence-electron chi connectivity index (χ4n) is 1.18. The molecule has 0 fully saturated rings. The van der Waals surface area contributed by atoms with E-state index in [4.69, 9.17) is 0 Å². The summed E-state index contributed by atoms with van der Waals surface area (Å²) in [5.74, 6) is -0.136. The highest BCUT2D eigenvalue weighted by Gasteiger charge is 2.28. The van der Waals surface area contributed by atoms with Crippen LogP contribution in [0.2, 0.25) is 0 Å². The summed E-state index contributed by atoms with van der Waals surface area (Å²) in [7, 11) is 1.67. The normalized spacial score (nSPS) is 15.2. The number of nitrogens with zero attached hydrogens (tertiary/aromatic N) is 3. The molecular formula is C7H6BN3O. The molecule has 0 aliphatic carbocycles. The van der Waals surface area contributed by atoms with Crippen LogP contribution in [0.1, 0.15) is 16.1 Å². The number of hydrogen-bond donors (Lipinski definition) is 0. The molecule has 2 heterocycles. The topological polar surface area (TPSA) is 46.1 Å². The van der Waals surface area contributed by atoms with Crippen molar-refractivity contribution < 1.29 is 4.79 Å². The Bertz CT molecular complexity index is 342. The molecule has 0 atom stereocenters. The van der Waals surface area contributed by atoms with Crippen LogP contribution >= 0.6 is 0 Å². The molecule has 5 heteroatoms. The quantitative estimate of drug-likeness (QED) is 0.477. The highest BCUT2D eigenvalue weighted by atomic mass is 16.2. The average Bonchev–Trinajstić information content (AvgIpc) is 2.33. The van der Waals surface area contributed by atoms with Gasteiger partial charge in [-0.25, -0.2) is 0 Å². The van der Waals surface area contributed by atoms with Crippen molar-refractivity contribution >= 4 is 19.6 Å². The molecule has 0 saturated heterocycles. The fourth-order valence-corrected chi connectivity index (χ4v) is 1.18. The van der Waals surface area contributed by atoms with Crippen molar-refractivity contribution in [3.05, 3.63) is 30.1 Å². The van der Waals surface area contributed by atoms with Gasteiger partial charge in [0.1, 0.15) is 0 Å². The van der Waals surface area contributed by atoms with Crippen LogP contribution < -0.4 is 0 Å². The number of fused-ring (bicyclic) bond motifs is 1. The Balaban J connectivity index is 2.67. The third-order valence-electron chi connectivity index (χ3n) is 1.94. The molecule has 1 amide bonds. The molecule has 0 radical (unpaired) electrons. The molecule has 0 spiro atoms. The van der Waals surface area contributed by atoms with Crippen molar-refractivity contribution in [2.45, 2.75) is 0 Å². The van der Waals surface area contributed by atoms with Gasteiger partial charge in [-0.2, -0.15) is 5.10 Å². The van der Waals surface area contributed by atoms with Gasteiger partial charge in [-0.15, -0.1) is 5.10 Å². The molecule has 0 aromatic carbocycles. The predicted octanol–water partition coefficient (Wildman–Crippen LogP) is -0.549. The molecule has 58 valence electrons. The Morgan fingerprint density at radius 1 is 1.58 bits per heavy atom. The summed E-state index contributed by atoms with van der Waals surface area (Å²) in [6, 6.07) is 1.74. The van der Waals surface area contributed by atoms with Gasteiger partial charge in [0.05, 0.1) is 6.20 Å². The summed E-state index contributed by atoms with van der Waals surface area (Å²) in [5, 5.41) is 7.38.